The molecule has 1 aliphatic rings. The van der Waals surface area contributed by atoms with Crippen molar-refractivity contribution in [3.8, 4) is 0 Å². The van der Waals surface area contributed by atoms with Crippen LogP contribution in [0.4, 0.5) is 0 Å². The van der Waals surface area contributed by atoms with Gasteiger partial charge in [-0.3, -0.25) is 0 Å². The number of carbonyl (C=O) groups excluding carboxylic acids is 1. The van der Waals surface area contributed by atoms with Crippen LogP contribution in [0.2, 0.25) is 0 Å². The lowest BCUT2D eigenvalue weighted by Crippen LogP contribution is -2.48. The number of rotatable bonds is 7. The molecule has 0 aromatic carbocycles. The number of carbonyl (C=O) groups is 1. The van der Waals surface area contributed by atoms with Crippen molar-refractivity contribution in [1.29, 1.82) is 0 Å². The molecule has 0 amide bonds. The second-order valence-corrected chi connectivity index (χ2v) is 5.73. The Bertz CT molecular complexity index is 267. The highest BCUT2D eigenvalue weighted by molar-refractivity contribution is 5.49. The van der Waals surface area contributed by atoms with Gasteiger partial charge in [0.05, 0.1) is 36.6 Å². The Labute approximate surface area is 116 Å². The van der Waals surface area contributed by atoms with E-state index in [9.17, 15) is 4.79 Å². The smallest absolute Gasteiger partial charge is 0.120 e. The van der Waals surface area contributed by atoms with Gasteiger partial charge >= 0.3 is 0 Å². The number of hydrogen-bond acceptors (Lipinski definition) is 4. The molecule has 0 spiro atoms. The fraction of sp³-hybridized carbons (Fsp3) is 0.933. The van der Waals surface area contributed by atoms with Crippen LogP contribution < -0.4 is 0 Å². The second kappa shape index (κ2) is 7.98. The van der Waals surface area contributed by atoms with E-state index < -0.39 is 0 Å². The summed E-state index contributed by atoms with van der Waals surface area (Å²) in [6, 6.07) is 0. The van der Waals surface area contributed by atoms with Crippen molar-refractivity contribution in [3.05, 3.63) is 0 Å². The van der Waals surface area contributed by atoms with Crippen LogP contribution in [0.5, 0.6) is 0 Å². The van der Waals surface area contributed by atoms with E-state index in [1.807, 2.05) is 27.7 Å². The molecule has 1 fully saturated rings. The van der Waals surface area contributed by atoms with Gasteiger partial charge in [0.15, 0.2) is 0 Å². The molecule has 0 bridgehead atoms. The first-order valence-electron chi connectivity index (χ1n) is 7.34. The third-order valence-electron chi connectivity index (χ3n) is 3.49. The Morgan fingerprint density at radius 1 is 1.11 bits per heavy atom. The van der Waals surface area contributed by atoms with Crippen molar-refractivity contribution < 1.29 is 19.0 Å². The lowest BCUT2D eigenvalue weighted by atomic mass is 10.00. The van der Waals surface area contributed by atoms with Gasteiger partial charge in [-0.15, -0.1) is 0 Å². The van der Waals surface area contributed by atoms with Crippen LogP contribution >= 0.6 is 0 Å². The SMILES string of the molecule is CC(C)OC(C)CC1OC(C)C(C)OC1CCC=O. The summed E-state index contributed by atoms with van der Waals surface area (Å²) in [5.74, 6) is 0. The molecule has 0 aliphatic carbocycles. The molecule has 0 radical (unpaired) electrons. The molecule has 0 N–H and O–H groups in total. The highest BCUT2D eigenvalue weighted by Gasteiger charge is 2.35. The summed E-state index contributed by atoms with van der Waals surface area (Å²) in [5, 5.41) is 0. The lowest BCUT2D eigenvalue weighted by Gasteiger charge is -2.40. The molecule has 4 heteroatoms. The van der Waals surface area contributed by atoms with E-state index in [0.29, 0.717) is 6.42 Å². The second-order valence-electron chi connectivity index (χ2n) is 5.73. The van der Waals surface area contributed by atoms with E-state index in [1.54, 1.807) is 0 Å². The number of aldehydes is 1. The molecule has 1 rings (SSSR count). The van der Waals surface area contributed by atoms with Crippen molar-refractivity contribution in [2.24, 2.45) is 0 Å². The fourth-order valence-electron chi connectivity index (χ4n) is 2.49. The third-order valence-corrected chi connectivity index (χ3v) is 3.49. The van der Waals surface area contributed by atoms with E-state index >= 15 is 0 Å². The first-order chi connectivity index (χ1) is 8.93. The molecule has 0 saturated carbocycles. The molecule has 19 heavy (non-hydrogen) atoms. The summed E-state index contributed by atoms with van der Waals surface area (Å²) >= 11 is 0. The molecule has 112 valence electrons. The summed E-state index contributed by atoms with van der Waals surface area (Å²) in [6.07, 6.45) is 3.50. The Balaban J connectivity index is 2.56. The zero-order chi connectivity index (χ0) is 14.4. The van der Waals surface area contributed by atoms with E-state index in [-0.39, 0.29) is 36.6 Å². The van der Waals surface area contributed by atoms with Crippen LogP contribution in [-0.4, -0.2) is 42.9 Å². The van der Waals surface area contributed by atoms with Gasteiger partial charge in [0, 0.05) is 12.8 Å². The molecule has 1 saturated heterocycles. The van der Waals surface area contributed by atoms with Gasteiger partial charge in [-0.2, -0.15) is 0 Å². The molecule has 1 aliphatic heterocycles. The van der Waals surface area contributed by atoms with Crippen LogP contribution in [0.3, 0.4) is 0 Å². The highest BCUT2D eigenvalue weighted by Crippen LogP contribution is 2.26. The Hall–Kier alpha value is -0.450. The molecule has 0 aromatic rings. The summed E-state index contributed by atoms with van der Waals surface area (Å²) in [7, 11) is 0. The molecule has 5 unspecified atom stereocenters. The summed E-state index contributed by atoms with van der Waals surface area (Å²) in [4.78, 5) is 10.5. The van der Waals surface area contributed by atoms with Crippen LogP contribution in [0.1, 0.15) is 53.9 Å². The van der Waals surface area contributed by atoms with Gasteiger partial charge in [0.2, 0.25) is 0 Å². The minimum Gasteiger partial charge on any atom is -0.376 e. The first kappa shape index (κ1) is 16.6. The van der Waals surface area contributed by atoms with Crippen molar-refractivity contribution >= 4 is 6.29 Å². The average molecular weight is 272 g/mol. The maximum absolute atomic E-state index is 10.5. The topological polar surface area (TPSA) is 44.8 Å². The van der Waals surface area contributed by atoms with Crippen molar-refractivity contribution in [3.63, 3.8) is 0 Å². The largest absolute Gasteiger partial charge is 0.376 e. The van der Waals surface area contributed by atoms with Crippen LogP contribution in [-0.2, 0) is 19.0 Å². The van der Waals surface area contributed by atoms with Crippen molar-refractivity contribution in [2.45, 2.75) is 90.5 Å². The zero-order valence-corrected chi connectivity index (χ0v) is 12.8. The van der Waals surface area contributed by atoms with Gasteiger partial charge in [-0.25, -0.2) is 0 Å². The Morgan fingerprint density at radius 2 is 1.68 bits per heavy atom. The highest BCUT2D eigenvalue weighted by atomic mass is 16.6. The van der Waals surface area contributed by atoms with E-state index in [0.717, 1.165) is 19.1 Å². The summed E-state index contributed by atoms with van der Waals surface area (Å²) in [6.45, 7) is 10.2. The molecule has 1 heterocycles. The average Bonchev–Trinajstić information content (AvgIpc) is 2.30. The molecular formula is C15H28O4. The third kappa shape index (κ3) is 5.59. The zero-order valence-electron chi connectivity index (χ0n) is 12.8. The van der Waals surface area contributed by atoms with E-state index in [4.69, 9.17) is 14.2 Å². The van der Waals surface area contributed by atoms with Crippen LogP contribution in [0.15, 0.2) is 0 Å². The van der Waals surface area contributed by atoms with Gasteiger partial charge in [-0.05, 0) is 41.0 Å². The first-order valence-corrected chi connectivity index (χ1v) is 7.34. The normalized spacial score (nSPS) is 33.4. The van der Waals surface area contributed by atoms with E-state index in [1.165, 1.54) is 0 Å². The number of ether oxygens (including phenoxy) is 3. The van der Waals surface area contributed by atoms with Crippen molar-refractivity contribution in [2.75, 3.05) is 0 Å². The number of hydrogen-bond donors (Lipinski definition) is 0. The molecule has 5 atom stereocenters. The van der Waals surface area contributed by atoms with Gasteiger partial charge in [-0.1, -0.05) is 0 Å². The fourth-order valence-corrected chi connectivity index (χ4v) is 2.49. The van der Waals surface area contributed by atoms with Crippen molar-refractivity contribution in [1.82, 2.24) is 0 Å². The molecule has 0 aromatic heterocycles. The van der Waals surface area contributed by atoms with Gasteiger partial charge in [0.25, 0.3) is 0 Å². The Morgan fingerprint density at radius 3 is 2.21 bits per heavy atom. The maximum atomic E-state index is 10.5. The van der Waals surface area contributed by atoms with Gasteiger partial charge in [0.1, 0.15) is 6.29 Å². The van der Waals surface area contributed by atoms with E-state index in [2.05, 4.69) is 6.92 Å². The summed E-state index contributed by atoms with van der Waals surface area (Å²) < 4.78 is 17.8. The summed E-state index contributed by atoms with van der Waals surface area (Å²) in [5.41, 5.74) is 0. The maximum Gasteiger partial charge on any atom is 0.120 e. The van der Waals surface area contributed by atoms with Crippen LogP contribution in [0, 0.1) is 0 Å². The lowest BCUT2D eigenvalue weighted by molar-refractivity contribution is -0.219. The minimum atomic E-state index is -0.00499. The predicted molar refractivity (Wildman–Crippen MR) is 74.3 cm³/mol. The predicted octanol–water partition coefficient (Wildman–Crippen LogP) is 2.73. The minimum absolute atomic E-state index is 0.00499. The molecular weight excluding hydrogens is 244 g/mol. The standard InChI is InChI=1S/C15H28O4/c1-10(2)17-11(3)9-15-14(7-6-8-16)18-12(4)13(5)19-15/h8,10-15H,6-7,9H2,1-5H3. The van der Waals surface area contributed by atoms with Gasteiger partial charge < -0.3 is 19.0 Å². The van der Waals surface area contributed by atoms with Crippen LogP contribution in [0.25, 0.3) is 0 Å². The Kier molecular flexibility index (Phi) is 6.97. The quantitative estimate of drug-likeness (QED) is 0.668. The molecule has 4 nitrogen and oxygen atoms in total. The monoisotopic (exact) mass is 272 g/mol.